The molecule has 20 heavy (non-hydrogen) atoms. The third-order valence-electron chi connectivity index (χ3n) is 2.84. The van der Waals surface area contributed by atoms with Gasteiger partial charge < -0.3 is 10.1 Å². The summed E-state index contributed by atoms with van der Waals surface area (Å²) in [4.78, 5) is 4.29. The summed E-state index contributed by atoms with van der Waals surface area (Å²) in [5, 5.41) is 3.26. The maximum absolute atomic E-state index is 13.2. The number of benzene rings is 1. The van der Waals surface area contributed by atoms with Gasteiger partial charge in [0.1, 0.15) is 5.82 Å². The number of nitrogens with zero attached hydrogens (tertiary/aromatic N) is 1. The SMILES string of the molecule is CC(C)Oc1cccnc1NC(C)c1cccc(F)c1. The van der Waals surface area contributed by atoms with Crippen molar-refractivity contribution in [3.05, 3.63) is 54.0 Å². The zero-order valence-corrected chi connectivity index (χ0v) is 11.9. The molecule has 0 aliphatic carbocycles. The smallest absolute Gasteiger partial charge is 0.169 e. The lowest BCUT2D eigenvalue weighted by atomic mass is 10.1. The largest absolute Gasteiger partial charge is 0.487 e. The summed E-state index contributed by atoms with van der Waals surface area (Å²) in [6, 6.07) is 10.2. The number of nitrogens with one attached hydrogen (secondary N) is 1. The van der Waals surface area contributed by atoms with Gasteiger partial charge in [-0.2, -0.15) is 0 Å². The number of ether oxygens (including phenoxy) is 1. The lowest BCUT2D eigenvalue weighted by Crippen LogP contribution is -2.12. The Morgan fingerprint density at radius 1 is 1.15 bits per heavy atom. The van der Waals surface area contributed by atoms with Crippen molar-refractivity contribution in [3.63, 3.8) is 0 Å². The normalized spacial score (nSPS) is 12.2. The molecule has 0 bridgehead atoms. The van der Waals surface area contributed by atoms with Crippen molar-refractivity contribution in [2.24, 2.45) is 0 Å². The van der Waals surface area contributed by atoms with Crippen molar-refractivity contribution in [1.29, 1.82) is 0 Å². The minimum atomic E-state index is -0.240. The van der Waals surface area contributed by atoms with Crippen molar-refractivity contribution >= 4 is 5.82 Å². The molecule has 1 N–H and O–H groups in total. The second-order valence-corrected chi connectivity index (χ2v) is 4.94. The summed E-state index contributed by atoms with van der Waals surface area (Å²) in [5.41, 5.74) is 0.867. The van der Waals surface area contributed by atoms with Crippen LogP contribution >= 0.6 is 0 Å². The number of rotatable bonds is 5. The van der Waals surface area contributed by atoms with Crippen LogP contribution in [-0.4, -0.2) is 11.1 Å². The van der Waals surface area contributed by atoms with Crippen molar-refractivity contribution in [2.45, 2.75) is 32.9 Å². The van der Waals surface area contributed by atoms with Crippen LogP contribution in [-0.2, 0) is 0 Å². The molecule has 3 nitrogen and oxygen atoms in total. The lowest BCUT2D eigenvalue weighted by Gasteiger charge is -2.18. The van der Waals surface area contributed by atoms with Gasteiger partial charge in [-0.05, 0) is 50.6 Å². The highest BCUT2D eigenvalue weighted by Gasteiger charge is 2.11. The summed E-state index contributed by atoms with van der Waals surface area (Å²) in [7, 11) is 0. The Bertz CT molecular complexity index is 572. The molecule has 1 unspecified atom stereocenters. The molecule has 1 aromatic heterocycles. The van der Waals surface area contributed by atoms with Crippen LogP contribution in [0, 0.1) is 5.82 Å². The third-order valence-corrected chi connectivity index (χ3v) is 2.84. The average molecular weight is 274 g/mol. The molecular formula is C16H19FN2O. The van der Waals surface area contributed by atoms with Gasteiger partial charge in [-0.25, -0.2) is 9.37 Å². The van der Waals surface area contributed by atoms with Crippen LogP contribution in [0.15, 0.2) is 42.6 Å². The van der Waals surface area contributed by atoms with Gasteiger partial charge in [0.25, 0.3) is 0 Å². The number of hydrogen-bond donors (Lipinski definition) is 1. The van der Waals surface area contributed by atoms with Gasteiger partial charge in [0.2, 0.25) is 0 Å². The summed E-state index contributed by atoms with van der Waals surface area (Å²) in [5.74, 6) is 1.12. The molecule has 0 radical (unpaired) electrons. The van der Waals surface area contributed by atoms with Crippen molar-refractivity contribution in [3.8, 4) is 5.75 Å². The monoisotopic (exact) mass is 274 g/mol. The average Bonchev–Trinajstić information content (AvgIpc) is 2.40. The van der Waals surface area contributed by atoms with Crippen LogP contribution in [0.3, 0.4) is 0 Å². The number of pyridine rings is 1. The van der Waals surface area contributed by atoms with Gasteiger partial charge in [0, 0.05) is 6.20 Å². The molecule has 2 aromatic rings. The van der Waals surface area contributed by atoms with Crippen LogP contribution in [0.2, 0.25) is 0 Å². The quantitative estimate of drug-likeness (QED) is 0.888. The minimum absolute atomic E-state index is 0.0601. The fourth-order valence-electron chi connectivity index (χ4n) is 1.91. The molecular weight excluding hydrogens is 255 g/mol. The van der Waals surface area contributed by atoms with E-state index in [9.17, 15) is 4.39 Å². The Kier molecular flexibility index (Phi) is 4.56. The van der Waals surface area contributed by atoms with Gasteiger partial charge in [-0.1, -0.05) is 12.1 Å². The zero-order valence-electron chi connectivity index (χ0n) is 11.9. The van der Waals surface area contributed by atoms with E-state index in [2.05, 4.69) is 10.3 Å². The highest BCUT2D eigenvalue weighted by Crippen LogP contribution is 2.26. The molecule has 1 heterocycles. The van der Waals surface area contributed by atoms with Crippen LogP contribution in [0.4, 0.5) is 10.2 Å². The summed E-state index contributed by atoms with van der Waals surface area (Å²) in [6.45, 7) is 5.89. The maximum Gasteiger partial charge on any atom is 0.169 e. The highest BCUT2D eigenvalue weighted by atomic mass is 19.1. The van der Waals surface area contributed by atoms with Crippen molar-refractivity contribution < 1.29 is 9.13 Å². The fraction of sp³-hybridized carbons (Fsp3) is 0.312. The van der Waals surface area contributed by atoms with Crippen LogP contribution < -0.4 is 10.1 Å². The van der Waals surface area contributed by atoms with E-state index in [0.717, 1.165) is 5.56 Å². The molecule has 4 heteroatoms. The standard InChI is InChI=1S/C16H19FN2O/c1-11(2)20-15-8-5-9-18-16(15)19-12(3)13-6-4-7-14(17)10-13/h4-12H,1-3H3,(H,18,19). The molecule has 0 fully saturated rings. The van der Waals surface area contributed by atoms with Gasteiger partial charge in [-0.15, -0.1) is 0 Å². The second kappa shape index (κ2) is 6.37. The molecule has 0 spiro atoms. The van der Waals surface area contributed by atoms with E-state index < -0.39 is 0 Å². The molecule has 1 atom stereocenters. The van der Waals surface area contributed by atoms with Gasteiger partial charge in [0.05, 0.1) is 12.1 Å². The van der Waals surface area contributed by atoms with Crippen molar-refractivity contribution in [2.75, 3.05) is 5.32 Å². The van der Waals surface area contributed by atoms with Gasteiger partial charge in [0.15, 0.2) is 11.6 Å². The van der Waals surface area contributed by atoms with Crippen LogP contribution in [0.25, 0.3) is 0 Å². The molecule has 1 aromatic carbocycles. The molecule has 0 saturated heterocycles. The van der Waals surface area contributed by atoms with Crippen molar-refractivity contribution in [1.82, 2.24) is 4.98 Å². The number of halogens is 1. The maximum atomic E-state index is 13.2. The van der Waals surface area contributed by atoms with Gasteiger partial charge in [-0.3, -0.25) is 0 Å². The Morgan fingerprint density at radius 3 is 2.65 bits per heavy atom. The molecule has 2 rings (SSSR count). The first kappa shape index (κ1) is 14.3. The Balaban J connectivity index is 2.17. The molecule has 0 amide bonds. The third kappa shape index (κ3) is 3.70. The first-order valence-electron chi connectivity index (χ1n) is 6.70. The topological polar surface area (TPSA) is 34.1 Å². The Hall–Kier alpha value is -2.10. The molecule has 0 aliphatic heterocycles. The molecule has 106 valence electrons. The van der Waals surface area contributed by atoms with E-state index in [1.165, 1.54) is 12.1 Å². The lowest BCUT2D eigenvalue weighted by molar-refractivity contribution is 0.242. The zero-order chi connectivity index (χ0) is 14.5. The van der Waals surface area contributed by atoms with E-state index in [4.69, 9.17) is 4.74 Å². The van der Waals surface area contributed by atoms with E-state index >= 15 is 0 Å². The summed E-state index contributed by atoms with van der Waals surface area (Å²) in [6.07, 6.45) is 1.78. The number of hydrogen-bond acceptors (Lipinski definition) is 3. The number of aromatic nitrogens is 1. The van der Waals surface area contributed by atoms with E-state index in [0.29, 0.717) is 11.6 Å². The van der Waals surface area contributed by atoms with E-state index in [-0.39, 0.29) is 18.0 Å². The Labute approximate surface area is 118 Å². The molecule has 0 aliphatic rings. The van der Waals surface area contributed by atoms with E-state index in [1.807, 2.05) is 39.0 Å². The van der Waals surface area contributed by atoms with Gasteiger partial charge >= 0.3 is 0 Å². The first-order chi connectivity index (χ1) is 9.56. The fourth-order valence-corrected chi connectivity index (χ4v) is 1.91. The minimum Gasteiger partial charge on any atom is -0.487 e. The van der Waals surface area contributed by atoms with Crippen LogP contribution in [0.1, 0.15) is 32.4 Å². The summed E-state index contributed by atoms with van der Waals surface area (Å²) >= 11 is 0. The molecule has 0 saturated carbocycles. The second-order valence-electron chi connectivity index (χ2n) is 4.94. The number of anilines is 1. The van der Waals surface area contributed by atoms with E-state index in [1.54, 1.807) is 12.3 Å². The first-order valence-corrected chi connectivity index (χ1v) is 6.70. The Morgan fingerprint density at radius 2 is 1.95 bits per heavy atom. The predicted molar refractivity (Wildman–Crippen MR) is 78.4 cm³/mol. The predicted octanol–water partition coefficient (Wildman–Crippen LogP) is 4.18. The summed E-state index contributed by atoms with van der Waals surface area (Å²) < 4.78 is 19.0. The highest BCUT2D eigenvalue weighted by molar-refractivity contribution is 5.51. The van der Waals surface area contributed by atoms with Crippen LogP contribution in [0.5, 0.6) is 5.75 Å².